The first-order valence-electron chi connectivity index (χ1n) is 7.28. The van der Waals surface area contributed by atoms with Gasteiger partial charge in [-0.2, -0.15) is 0 Å². The SMILES string of the molecule is CCN1CCCC1Cn1c(CCl)nc2cc(Cl)c(F)cc21. The van der Waals surface area contributed by atoms with Crippen LogP contribution in [0.2, 0.25) is 5.02 Å². The number of likely N-dealkylation sites (N-methyl/N-ethyl adjacent to an activating group) is 1. The Hall–Kier alpha value is -0.840. The maximum absolute atomic E-state index is 13.8. The second-order valence-corrected chi connectivity index (χ2v) is 6.13. The Morgan fingerprint density at radius 3 is 2.95 bits per heavy atom. The summed E-state index contributed by atoms with van der Waals surface area (Å²) in [5.41, 5.74) is 1.48. The summed E-state index contributed by atoms with van der Waals surface area (Å²) in [6.07, 6.45) is 2.37. The van der Waals surface area contributed by atoms with E-state index in [4.69, 9.17) is 23.2 Å². The highest BCUT2D eigenvalue weighted by Gasteiger charge is 2.25. The van der Waals surface area contributed by atoms with E-state index in [-0.39, 0.29) is 5.02 Å². The molecule has 0 amide bonds. The average molecular weight is 330 g/mol. The van der Waals surface area contributed by atoms with Gasteiger partial charge < -0.3 is 4.57 Å². The Morgan fingerprint density at radius 2 is 2.24 bits per heavy atom. The summed E-state index contributed by atoms with van der Waals surface area (Å²) >= 11 is 11.9. The second-order valence-electron chi connectivity index (χ2n) is 5.45. The molecule has 0 saturated carbocycles. The van der Waals surface area contributed by atoms with Gasteiger partial charge in [0, 0.05) is 18.7 Å². The Morgan fingerprint density at radius 1 is 1.43 bits per heavy atom. The molecule has 2 heterocycles. The molecule has 1 aliphatic rings. The summed E-state index contributed by atoms with van der Waals surface area (Å²) in [7, 11) is 0. The van der Waals surface area contributed by atoms with E-state index < -0.39 is 5.82 Å². The number of likely N-dealkylation sites (tertiary alicyclic amines) is 1. The van der Waals surface area contributed by atoms with Crippen LogP contribution in [0.1, 0.15) is 25.6 Å². The molecule has 0 spiro atoms. The lowest BCUT2D eigenvalue weighted by atomic mass is 10.2. The van der Waals surface area contributed by atoms with E-state index in [2.05, 4.69) is 16.8 Å². The molecule has 1 saturated heterocycles. The van der Waals surface area contributed by atoms with Crippen molar-refractivity contribution in [3.8, 4) is 0 Å². The number of aromatic nitrogens is 2. The molecule has 1 unspecified atom stereocenters. The van der Waals surface area contributed by atoms with Gasteiger partial charge in [-0.05, 0) is 32.0 Å². The minimum atomic E-state index is -0.412. The molecule has 0 radical (unpaired) electrons. The van der Waals surface area contributed by atoms with E-state index in [0.29, 0.717) is 17.4 Å². The largest absolute Gasteiger partial charge is 0.325 e. The molecule has 3 nitrogen and oxygen atoms in total. The van der Waals surface area contributed by atoms with E-state index in [1.165, 1.54) is 12.5 Å². The Labute approximate surface area is 133 Å². The molecule has 114 valence electrons. The second kappa shape index (κ2) is 6.11. The van der Waals surface area contributed by atoms with Crippen LogP contribution in [0.15, 0.2) is 12.1 Å². The molecule has 0 bridgehead atoms. The van der Waals surface area contributed by atoms with Gasteiger partial charge in [0.25, 0.3) is 0 Å². The highest BCUT2D eigenvalue weighted by Crippen LogP contribution is 2.27. The monoisotopic (exact) mass is 329 g/mol. The molecule has 1 aromatic carbocycles. The van der Waals surface area contributed by atoms with Crippen LogP contribution in [0, 0.1) is 5.82 Å². The Bertz CT molecular complexity index is 656. The highest BCUT2D eigenvalue weighted by atomic mass is 35.5. The third-order valence-corrected chi connectivity index (χ3v) is 4.82. The number of alkyl halides is 1. The molecule has 6 heteroatoms. The van der Waals surface area contributed by atoms with E-state index in [9.17, 15) is 4.39 Å². The van der Waals surface area contributed by atoms with Gasteiger partial charge in [-0.1, -0.05) is 18.5 Å². The number of halogens is 3. The zero-order valence-corrected chi connectivity index (χ0v) is 13.5. The number of hydrogen-bond acceptors (Lipinski definition) is 2. The molecule has 1 aromatic heterocycles. The molecule has 1 aliphatic heterocycles. The normalized spacial score (nSPS) is 19.7. The molecule has 2 aromatic rings. The predicted molar refractivity (Wildman–Crippen MR) is 84.5 cm³/mol. The number of benzene rings is 1. The number of rotatable bonds is 4. The summed E-state index contributed by atoms with van der Waals surface area (Å²) < 4.78 is 15.8. The van der Waals surface area contributed by atoms with E-state index in [0.717, 1.165) is 37.4 Å². The quantitative estimate of drug-likeness (QED) is 0.789. The summed E-state index contributed by atoms with van der Waals surface area (Å²) in [5.74, 6) is 0.675. The van der Waals surface area contributed by atoms with E-state index >= 15 is 0 Å². The molecule has 21 heavy (non-hydrogen) atoms. The standard InChI is InChI=1S/C15H18Cl2FN3/c1-2-20-5-3-4-10(20)9-21-14-7-12(18)11(17)6-13(14)19-15(21)8-16/h6-7,10H,2-5,8-9H2,1H3. The maximum Gasteiger partial charge on any atom is 0.144 e. The average Bonchev–Trinajstić information content (AvgIpc) is 3.05. The van der Waals surface area contributed by atoms with Crippen molar-refractivity contribution in [2.75, 3.05) is 13.1 Å². The maximum atomic E-state index is 13.8. The van der Waals surface area contributed by atoms with Crippen LogP contribution in [-0.4, -0.2) is 33.6 Å². The van der Waals surface area contributed by atoms with Crippen molar-refractivity contribution >= 4 is 34.2 Å². The topological polar surface area (TPSA) is 21.1 Å². The fourth-order valence-corrected chi connectivity index (χ4v) is 3.57. The van der Waals surface area contributed by atoms with Gasteiger partial charge in [-0.25, -0.2) is 9.37 Å². The number of nitrogens with zero attached hydrogens (tertiary/aromatic N) is 3. The molecule has 0 N–H and O–H groups in total. The molecular formula is C15H18Cl2FN3. The van der Waals surface area contributed by atoms with Gasteiger partial charge in [-0.3, -0.25) is 4.90 Å². The molecule has 1 fully saturated rings. The summed E-state index contributed by atoms with van der Waals surface area (Å²) in [4.78, 5) is 6.94. The van der Waals surface area contributed by atoms with E-state index in [1.807, 2.05) is 4.57 Å². The number of hydrogen-bond donors (Lipinski definition) is 0. The van der Waals surface area contributed by atoms with Crippen molar-refractivity contribution in [3.63, 3.8) is 0 Å². The molecule has 3 rings (SSSR count). The fraction of sp³-hybridized carbons (Fsp3) is 0.533. The molecule has 0 aliphatic carbocycles. The van der Waals surface area contributed by atoms with Crippen LogP contribution in [0.5, 0.6) is 0 Å². The Kier molecular flexibility index (Phi) is 4.38. The van der Waals surface area contributed by atoms with Crippen LogP contribution in [0.4, 0.5) is 4.39 Å². The minimum absolute atomic E-state index is 0.101. The first-order chi connectivity index (χ1) is 10.1. The van der Waals surface area contributed by atoms with Gasteiger partial charge in [0.2, 0.25) is 0 Å². The van der Waals surface area contributed by atoms with Crippen molar-refractivity contribution in [2.24, 2.45) is 0 Å². The van der Waals surface area contributed by atoms with Crippen molar-refractivity contribution in [3.05, 3.63) is 28.8 Å². The molecular weight excluding hydrogens is 312 g/mol. The van der Waals surface area contributed by atoms with Gasteiger partial charge in [0.15, 0.2) is 0 Å². The van der Waals surface area contributed by atoms with Crippen LogP contribution < -0.4 is 0 Å². The van der Waals surface area contributed by atoms with Gasteiger partial charge in [0.1, 0.15) is 11.6 Å². The predicted octanol–water partition coefficient (Wildman–Crippen LogP) is 4.05. The zero-order chi connectivity index (χ0) is 15.0. The van der Waals surface area contributed by atoms with Crippen LogP contribution in [0.3, 0.4) is 0 Å². The third kappa shape index (κ3) is 2.77. The van der Waals surface area contributed by atoms with Crippen LogP contribution in [-0.2, 0) is 12.4 Å². The summed E-state index contributed by atoms with van der Waals surface area (Å²) in [6.45, 7) is 5.14. The zero-order valence-electron chi connectivity index (χ0n) is 12.0. The lowest BCUT2D eigenvalue weighted by Crippen LogP contribution is -2.33. The summed E-state index contributed by atoms with van der Waals surface area (Å²) in [6, 6.07) is 3.50. The van der Waals surface area contributed by atoms with Gasteiger partial charge in [0.05, 0.1) is 21.9 Å². The lowest BCUT2D eigenvalue weighted by Gasteiger charge is -2.24. The van der Waals surface area contributed by atoms with Gasteiger partial charge >= 0.3 is 0 Å². The van der Waals surface area contributed by atoms with Gasteiger partial charge in [-0.15, -0.1) is 11.6 Å². The lowest BCUT2D eigenvalue weighted by molar-refractivity contribution is 0.245. The first-order valence-corrected chi connectivity index (χ1v) is 8.19. The van der Waals surface area contributed by atoms with Crippen molar-refractivity contribution < 1.29 is 4.39 Å². The highest BCUT2D eigenvalue weighted by molar-refractivity contribution is 6.31. The smallest absolute Gasteiger partial charge is 0.144 e. The van der Waals surface area contributed by atoms with Crippen LogP contribution in [0.25, 0.3) is 11.0 Å². The van der Waals surface area contributed by atoms with E-state index in [1.54, 1.807) is 6.07 Å². The third-order valence-electron chi connectivity index (χ3n) is 4.29. The molecule has 1 atom stereocenters. The number of imidazole rings is 1. The minimum Gasteiger partial charge on any atom is -0.325 e. The first kappa shape index (κ1) is 15.1. The van der Waals surface area contributed by atoms with Crippen LogP contribution >= 0.6 is 23.2 Å². The van der Waals surface area contributed by atoms with Crippen molar-refractivity contribution in [1.29, 1.82) is 0 Å². The van der Waals surface area contributed by atoms with Crippen molar-refractivity contribution in [1.82, 2.24) is 14.5 Å². The fourth-order valence-electron chi connectivity index (χ4n) is 3.20. The summed E-state index contributed by atoms with van der Waals surface area (Å²) in [5, 5.41) is 0.101. The number of fused-ring (bicyclic) bond motifs is 1. The Balaban J connectivity index is 2.01. The van der Waals surface area contributed by atoms with Crippen molar-refractivity contribution in [2.45, 2.75) is 38.2 Å².